The zero-order valence-corrected chi connectivity index (χ0v) is 18.7. The van der Waals surface area contributed by atoms with E-state index < -0.39 is 11.4 Å². The van der Waals surface area contributed by atoms with Gasteiger partial charge in [0.1, 0.15) is 11.4 Å². The second-order valence-corrected chi connectivity index (χ2v) is 8.76. The average molecular weight is 437 g/mol. The van der Waals surface area contributed by atoms with Crippen LogP contribution < -0.4 is 4.74 Å². The maximum absolute atomic E-state index is 11.6. The van der Waals surface area contributed by atoms with Crippen molar-refractivity contribution in [1.29, 1.82) is 0 Å². The van der Waals surface area contributed by atoms with Gasteiger partial charge in [0.2, 0.25) is 0 Å². The van der Waals surface area contributed by atoms with Crippen LogP contribution in [0.4, 0.5) is 0 Å². The number of aromatic nitrogens is 2. The van der Waals surface area contributed by atoms with Crippen molar-refractivity contribution >= 4 is 27.8 Å². The van der Waals surface area contributed by atoms with Gasteiger partial charge in [-0.15, -0.1) is 0 Å². The van der Waals surface area contributed by atoms with Gasteiger partial charge in [0.05, 0.1) is 12.5 Å². The van der Waals surface area contributed by atoms with Gasteiger partial charge in [0.15, 0.2) is 0 Å². The molecule has 0 aliphatic rings. The summed E-state index contributed by atoms with van der Waals surface area (Å²) in [4.78, 5) is 19.5. The van der Waals surface area contributed by atoms with E-state index in [4.69, 9.17) is 4.74 Å². The smallest absolute Gasteiger partial charge is 0.313 e. The maximum atomic E-state index is 11.6. The van der Waals surface area contributed by atoms with Crippen LogP contribution in [0, 0.1) is 0 Å². The number of fused-ring (bicyclic) bond motifs is 2. The molecule has 0 atom stereocenters. The third-order valence-electron chi connectivity index (χ3n) is 6.36. The summed E-state index contributed by atoms with van der Waals surface area (Å²) in [5, 5.41) is 12.8. The Morgan fingerprint density at radius 3 is 2.33 bits per heavy atom. The molecule has 0 saturated heterocycles. The topological polar surface area (TPSA) is 75.2 Å². The van der Waals surface area contributed by atoms with Crippen LogP contribution in [-0.4, -0.2) is 28.2 Å². The van der Waals surface area contributed by atoms with Gasteiger partial charge in [0, 0.05) is 28.9 Å². The standard InChI is InChI=1S/C28H24N2O3/c1-28(2,27(31)32)22-9-6-17(7-10-22)25-16-30-26-24(25)14-21(15-29-26)19-4-5-20-13-23(33-3)11-8-18(20)12-19/h4-16H,1-3H3,(H,29,30)(H,31,32). The van der Waals surface area contributed by atoms with E-state index in [9.17, 15) is 9.90 Å². The van der Waals surface area contributed by atoms with Gasteiger partial charge in [-0.2, -0.15) is 0 Å². The molecular weight excluding hydrogens is 412 g/mol. The molecule has 0 unspecified atom stereocenters. The van der Waals surface area contributed by atoms with Crippen LogP contribution in [0.1, 0.15) is 19.4 Å². The number of carboxylic acid groups (broad SMARTS) is 1. The Hall–Kier alpha value is -4.12. The number of aromatic amines is 1. The van der Waals surface area contributed by atoms with Gasteiger partial charge in [-0.05, 0) is 65.6 Å². The van der Waals surface area contributed by atoms with Crippen molar-refractivity contribution in [2.75, 3.05) is 7.11 Å². The molecule has 0 bridgehead atoms. The molecule has 3 aromatic carbocycles. The minimum atomic E-state index is -0.937. The highest BCUT2D eigenvalue weighted by Crippen LogP contribution is 2.34. The highest BCUT2D eigenvalue weighted by atomic mass is 16.5. The first-order valence-corrected chi connectivity index (χ1v) is 10.8. The van der Waals surface area contributed by atoms with Crippen molar-refractivity contribution < 1.29 is 14.6 Å². The third-order valence-corrected chi connectivity index (χ3v) is 6.36. The summed E-state index contributed by atoms with van der Waals surface area (Å²) >= 11 is 0. The Bertz CT molecular complexity index is 1500. The van der Waals surface area contributed by atoms with E-state index in [1.807, 2.05) is 48.8 Å². The molecule has 2 N–H and O–H groups in total. The number of H-pyrrole nitrogens is 1. The number of rotatable bonds is 5. The molecule has 0 amide bonds. The molecule has 2 aromatic heterocycles. The van der Waals surface area contributed by atoms with Crippen LogP contribution in [-0.2, 0) is 10.2 Å². The number of nitrogens with zero attached hydrogens (tertiary/aromatic N) is 1. The fraction of sp³-hybridized carbons (Fsp3) is 0.143. The fourth-order valence-corrected chi connectivity index (χ4v) is 4.12. The quantitative estimate of drug-likeness (QED) is 0.333. The largest absolute Gasteiger partial charge is 0.497 e. The van der Waals surface area contributed by atoms with Crippen LogP contribution in [0.2, 0.25) is 0 Å². The third kappa shape index (κ3) is 3.61. The number of methoxy groups -OCH3 is 1. The van der Waals surface area contributed by atoms with Crippen molar-refractivity contribution in [2.45, 2.75) is 19.3 Å². The number of benzene rings is 3. The number of carbonyl (C=O) groups is 1. The Kier molecular flexibility index (Phi) is 4.90. The lowest BCUT2D eigenvalue weighted by Crippen LogP contribution is -2.28. The molecule has 0 spiro atoms. The Labute approximate surface area is 191 Å². The molecule has 0 saturated carbocycles. The van der Waals surface area contributed by atoms with Gasteiger partial charge in [-0.3, -0.25) is 4.79 Å². The van der Waals surface area contributed by atoms with Crippen molar-refractivity contribution in [1.82, 2.24) is 9.97 Å². The van der Waals surface area contributed by atoms with E-state index in [-0.39, 0.29) is 0 Å². The number of hydrogen-bond acceptors (Lipinski definition) is 3. The molecule has 0 aliphatic heterocycles. The Morgan fingerprint density at radius 1 is 0.909 bits per heavy atom. The second-order valence-electron chi connectivity index (χ2n) is 8.76. The highest BCUT2D eigenvalue weighted by Gasteiger charge is 2.29. The number of pyridine rings is 1. The maximum Gasteiger partial charge on any atom is 0.313 e. The van der Waals surface area contributed by atoms with Crippen molar-refractivity contribution in [3.05, 3.63) is 84.7 Å². The Morgan fingerprint density at radius 2 is 1.61 bits per heavy atom. The summed E-state index contributed by atoms with van der Waals surface area (Å²) < 4.78 is 5.33. The number of nitrogens with one attached hydrogen (secondary N) is 1. The van der Waals surface area contributed by atoms with E-state index in [1.165, 1.54) is 0 Å². The fourth-order valence-electron chi connectivity index (χ4n) is 4.12. The minimum Gasteiger partial charge on any atom is -0.497 e. The number of ether oxygens (including phenoxy) is 1. The zero-order valence-electron chi connectivity index (χ0n) is 18.7. The van der Waals surface area contributed by atoms with Crippen LogP contribution in [0.3, 0.4) is 0 Å². The summed E-state index contributed by atoms with van der Waals surface area (Å²) in [6.45, 7) is 3.43. The zero-order chi connectivity index (χ0) is 23.2. The SMILES string of the molecule is COc1ccc2cc(-c3cnc4[nH]cc(-c5ccc(C(C)(C)C(=O)O)cc5)c4c3)ccc2c1. The van der Waals surface area contributed by atoms with E-state index in [0.717, 1.165) is 55.4 Å². The highest BCUT2D eigenvalue weighted by molar-refractivity contribution is 5.97. The second kappa shape index (κ2) is 7.78. The van der Waals surface area contributed by atoms with Crippen LogP contribution in [0.25, 0.3) is 44.1 Å². The van der Waals surface area contributed by atoms with Gasteiger partial charge >= 0.3 is 5.97 Å². The first kappa shape index (κ1) is 20.8. The van der Waals surface area contributed by atoms with Crippen LogP contribution >= 0.6 is 0 Å². The first-order chi connectivity index (χ1) is 15.9. The summed E-state index contributed by atoms with van der Waals surface area (Å²) in [6.07, 6.45) is 3.83. The minimum absolute atomic E-state index is 0.769. The van der Waals surface area contributed by atoms with Gasteiger partial charge in [-0.25, -0.2) is 4.98 Å². The monoisotopic (exact) mass is 436 g/mol. The van der Waals surface area contributed by atoms with Crippen molar-refractivity contribution in [3.63, 3.8) is 0 Å². The number of aliphatic carboxylic acids is 1. The average Bonchev–Trinajstić information content (AvgIpc) is 3.26. The molecule has 5 aromatic rings. The molecular formula is C28H24N2O3. The predicted octanol–water partition coefficient (Wildman–Crippen LogP) is 6.42. The summed E-state index contributed by atoms with van der Waals surface area (Å²) in [5.74, 6) is -0.00178. The van der Waals surface area contributed by atoms with Crippen LogP contribution in [0.15, 0.2) is 79.1 Å². The molecule has 0 aliphatic carbocycles. The molecule has 2 heterocycles. The molecule has 5 heteroatoms. The summed E-state index contributed by atoms with van der Waals surface area (Å²) in [5.41, 5.74) is 4.81. The van der Waals surface area contributed by atoms with Gasteiger partial charge in [-0.1, -0.05) is 42.5 Å². The van der Waals surface area contributed by atoms with E-state index in [1.54, 1.807) is 21.0 Å². The molecule has 0 fully saturated rings. The molecule has 5 nitrogen and oxygen atoms in total. The lowest BCUT2D eigenvalue weighted by Gasteiger charge is -2.19. The van der Waals surface area contributed by atoms with E-state index in [0.29, 0.717) is 0 Å². The lowest BCUT2D eigenvalue weighted by molar-refractivity contribution is -0.142. The van der Waals surface area contributed by atoms with Gasteiger partial charge < -0.3 is 14.8 Å². The first-order valence-electron chi connectivity index (χ1n) is 10.8. The normalized spacial score (nSPS) is 11.7. The van der Waals surface area contributed by atoms with Crippen LogP contribution in [0.5, 0.6) is 5.75 Å². The lowest BCUT2D eigenvalue weighted by atomic mass is 9.84. The predicted molar refractivity (Wildman–Crippen MR) is 132 cm³/mol. The van der Waals surface area contributed by atoms with E-state index >= 15 is 0 Å². The van der Waals surface area contributed by atoms with Gasteiger partial charge in [0.25, 0.3) is 0 Å². The molecule has 5 rings (SSSR count). The summed E-state index contributed by atoms with van der Waals surface area (Å²) in [6, 6.07) is 22.3. The molecule has 0 radical (unpaired) electrons. The van der Waals surface area contributed by atoms with E-state index in [2.05, 4.69) is 40.3 Å². The summed E-state index contributed by atoms with van der Waals surface area (Å²) in [7, 11) is 1.67. The van der Waals surface area contributed by atoms with Crippen molar-refractivity contribution in [2.24, 2.45) is 0 Å². The number of carboxylic acids is 1. The molecule has 33 heavy (non-hydrogen) atoms. The Balaban J connectivity index is 1.54. The number of hydrogen-bond donors (Lipinski definition) is 2. The molecule has 164 valence electrons. The van der Waals surface area contributed by atoms with Crippen molar-refractivity contribution in [3.8, 4) is 28.0 Å².